The van der Waals surface area contributed by atoms with Crippen LogP contribution in [0.5, 0.6) is 0 Å². The third kappa shape index (κ3) is 5.75. The van der Waals surface area contributed by atoms with Gasteiger partial charge in [-0.05, 0) is 57.9 Å². The van der Waals surface area contributed by atoms with E-state index in [1.54, 1.807) is 6.07 Å². The van der Waals surface area contributed by atoms with Crippen molar-refractivity contribution < 1.29 is 8.78 Å². The van der Waals surface area contributed by atoms with Gasteiger partial charge in [0.2, 0.25) is 0 Å². The van der Waals surface area contributed by atoms with Crippen LogP contribution in [0.2, 0.25) is 0 Å². The van der Waals surface area contributed by atoms with Gasteiger partial charge in [-0.1, -0.05) is 24.8 Å². The molecule has 0 aliphatic rings. The molecule has 0 bridgehead atoms. The number of halogens is 2. The molecule has 130 valence electrons. The maximum Gasteiger partial charge on any atom is 0.137 e. The second kappa shape index (κ2) is 8.43. The van der Waals surface area contributed by atoms with Crippen molar-refractivity contribution in [3.63, 3.8) is 0 Å². The molecule has 0 spiro atoms. The average molecular weight is 349 g/mol. The summed E-state index contributed by atoms with van der Waals surface area (Å²) in [5.74, 6) is -0.163. The van der Waals surface area contributed by atoms with E-state index in [4.69, 9.17) is 0 Å². The fourth-order valence-electron chi connectivity index (χ4n) is 2.28. The molecule has 0 radical (unpaired) electrons. The smallest absolute Gasteiger partial charge is 0.137 e. The minimum Gasteiger partial charge on any atom is -0.262 e. The first-order valence-corrected chi connectivity index (χ1v) is 8.69. The van der Waals surface area contributed by atoms with Crippen molar-refractivity contribution in [3.8, 4) is 0 Å². The molecule has 0 amide bonds. The van der Waals surface area contributed by atoms with Crippen molar-refractivity contribution in [2.75, 3.05) is 5.75 Å². The summed E-state index contributed by atoms with van der Waals surface area (Å²) in [6.45, 7) is 16.5. The molecule has 0 atom stereocenters. The zero-order valence-corrected chi connectivity index (χ0v) is 15.9. The van der Waals surface area contributed by atoms with Crippen molar-refractivity contribution in [1.82, 2.24) is 0 Å². The molecule has 1 aromatic carbocycles. The molecule has 0 aliphatic heterocycles. The minimum absolute atomic E-state index is 0.203. The van der Waals surface area contributed by atoms with Crippen LogP contribution in [-0.4, -0.2) is 17.1 Å². The van der Waals surface area contributed by atoms with Gasteiger partial charge in [-0.2, -0.15) is 0 Å². The summed E-state index contributed by atoms with van der Waals surface area (Å²) >= 11 is 1.17. The molecular weight excluding hydrogens is 324 g/mol. The lowest BCUT2D eigenvalue weighted by Gasteiger charge is -2.16. The maximum absolute atomic E-state index is 14.4. The van der Waals surface area contributed by atoms with Crippen molar-refractivity contribution in [1.29, 1.82) is 0 Å². The Kier molecular flexibility index (Phi) is 7.15. The van der Waals surface area contributed by atoms with E-state index in [0.717, 1.165) is 16.9 Å². The van der Waals surface area contributed by atoms with Gasteiger partial charge in [-0.25, -0.2) is 8.78 Å². The lowest BCUT2D eigenvalue weighted by Crippen LogP contribution is -2.15. The van der Waals surface area contributed by atoms with E-state index < -0.39 is 5.67 Å². The van der Waals surface area contributed by atoms with Crippen LogP contribution >= 0.6 is 11.8 Å². The van der Waals surface area contributed by atoms with Crippen LogP contribution in [0, 0.1) is 5.82 Å². The van der Waals surface area contributed by atoms with E-state index in [1.807, 2.05) is 26.8 Å². The predicted octanol–water partition coefficient (Wildman–Crippen LogP) is 6.62. The third-order valence-corrected chi connectivity index (χ3v) is 4.77. The van der Waals surface area contributed by atoms with Gasteiger partial charge in [0, 0.05) is 28.1 Å². The Morgan fingerprint density at radius 3 is 2.38 bits per heavy atom. The van der Waals surface area contributed by atoms with Gasteiger partial charge < -0.3 is 0 Å². The van der Waals surface area contributed by atoms with E-state index in [-0.39, 0.29) is 11.6 Å². The number of aliphatic imine (C=N–C) groups is 1. The van der Waals surface area contributed by atoms with Gasteiger partial charge in [-0.3, -0.25) is 4.99 Å². The Morgan fingerprint density at radius 2 is 1.92 bits per heavy atom. The Bertz CT molecular complexity index is 690. The van der Waals surface area contributed by atoms with Crippen LogP contribution in [0.3, 0.4) is 0 Å². The Labute approximate surface area is 148 Å². The highest BCUT2D eigenvalue weighted by Crippen LogP contribution is 2.31. The maximum atomic E-state index is 14.4. The lowest BCUT2D eigenvalue weighted by molar-refractivity contribution is 0.253. The molecule has 0 heterocycles. The zero-order chi connectivity index (χ0) is 18.5. The monoisotopic (exact) mass is 349 g/mol. The van der Waals surface area contributed by atoms with Crippen LogP contribution in [0.25, 0.3) is 5.57 Å². The fraction of sp³-hybridized carbons (Fsp3) is 0.350. The third-order valence-electron chi connectivity index (χ3n) is 3.30. The summed E-state index contributed by atoms with van der Waals surface area (Å²) in [4.78, 5) is 4.65. The second-order valence-corrected chi connectivity index (χ2v) is 7.42. The molecule has 1 nitrogen and oxygen atoms in total. The quantitative estimate of drug-likeness (QED) is 0.306. The SMILES string of the molecule is C=CN=C(C)C(C(=C)c1ccc(SCC(C)(C)F)c(F)c1)=C(C)C. The van der Waals surface area contributed by atoms with Gasteiger partial charge in [0.25, 0.3) is 0 Å². The Morgan fingerprint density at radius 1 is 1.29 bits per heavy atom. The summed E-state index contributed by atoms with van der Waals surface area (Å²) in [5, 5.41) is 0. The van der Waals surface area contributed by atoms with E-state index >= 15 is 0 Å². The Balaban J connectivity index is 3.13. The number of thioether (sulfide) groups is 1. The van der Waals surface area contributed by atoms with Crippen LogP contribution in [0.1, 0.15) is 40.2 Å². The highest BCUT2D eigenvalue weighted by atomic mass is 32.2. The highest BCUT2D eigenvalue weighted by molar-refractivity contribution is 7.99. The molecule has 0 saturated carbocycles. The van der Waals surface area contributed by atoms with E-state index in [9.17, 15) is 8.78 Å². The number of alkyl halides is 1. The van der Waals surface area contributed by atoms with Gasteiger partial charge in [0.15, 0.2) is 0 Å². The van der Waals surface area contributed by atoms with Crippen molar-refractivity contribution in [2.45, 2.75) is 45.2 Å². The largest absolute Gasteiger partial charge is 0.262 e. The number of hydrogen-bond acceptors (Lipinski definition) is 2. The first kappa shape index (κ1) is 20.4. The number of benzene rings is 1. The molecule has 24 heavy (non-hydrogen) atoms. The van der Waals surface area contributed by atoms with Crippen molar-refractivity contribution >= 4 is 23.0 Å². The van der Waals surface area contributed by atoms with Crippen LogP contribution in [-0.2, 0) is 0 Å². The fourth-order valence-corrected chi connectivity index (χ4v) is 3.14. The van der Waals surface area contributed by atoms with Crippen molar-refractivity contribution in [2.24, 2.45) is 4.99 Å². The van der Waals surface area contributed by atoms with E-state index in [0.29, 0.717) is 16.0 Å². The van der Waals surface area contributed by atoms with E-state index in [2.05, 4.69) is 18.2 Å². The number of allylic oxidation sites excluding steroid dienone is 3. The van der Waals surface area contributed by atoms with Crippen molar-refractivity contribution in [3.05, 3.63) is 60.1 Å². The molecule has 0 saturated heterocycles. The van der Waals surface area contributed by atoms with Gasteiger partial charge >= 0.3 is 0 Å². The summed E-state index contributed by atoms with van der Waals surface area (Å²) < 4.78 is 27.9. The topological polar surface area (TPSA) is 12.4 Å². The average Bonchev–Trinajstić information content (AvgIpc) is 2.44. The van der Waals surface area contributed by atoms with Gasteiger partial charge in [0.05, 0.1) is 0 Å². The highest BCUT2D eigenvalue weighted by Gasteiger charge is 2.18. The first-order valence-electron chi connectivity index (χ1n) is 7.71. The molecule has 1 rings (SSSR count). The molecule has 0 fully saturated rings. The standard InChI is InChI=1S/C20H25F2NS/c1-8-23-15(5)19(13(2)3)14(4)16-9-10-18(17(21)11-16)24-12-20(6,7)22/h8-11H,1,4,12H2,2-3,5-7H3. The number of nitrogens with zero attached hydrogens (tertiary/aromatic N) is 1. The number of rotatable bonds is 7. The zero-order valence-electron chi connectivity index (χ0n) is 15.0. The number of hydrogen-bond donors (Lipinski definition) is 0. The van der Waals surface area contributed by atoms with Crippen LogP contribution < -0.4 is 0 Å². The molecule has 0 aliphatic carbocycles. The summed E-state index contributed by atoms with van der Waals surface area (Å²) in [7, 11) is 0. The molecule has 1 aromatic rings. The molecule has 0 N–H and O–H groups in total. The minimum atomic E-state index is -1.34. The normalized spacial score (nSPS) is 12.0. The molecule has 4 heteroatoms. The molecular formula is C20H25F2NS. The van der Waals surface area contributed by atoms with Gasteiger partial charge in [0.1, 0.15) is 11.5 Å². The summed E-state index contributed by atoms with van der Waals surface area (Å²) in [5.41, 5.74) is 2.77. The summed E-state index contributed by atoms with van der Waals surface area (Å²) in [6.07, 6.45) is 1.48. The predicted molar refractivity (Wildman–Crippen MR) is 103 cm³/mol. The first-order chi connectivity index (χ1) is 11.1. The molecule has 0 aromatic heterocycles. The molecule has 0 unspecified atom stereocenters. The van der Waals surface area contributed by atoms with Crippen LogP contribution in [0.15, 0.2) is 58.6 Å². The summed E-state index contributed by atoms with van der Waals surface area (Å²) in [6, 6.07) is 4.93. The van der Waals surface area contributed by atoms with Crippen LogP contribution in [0.4, 0.5) is 8.78 Å². The van der Waals surface area contributed by atoms with Gasteiger partial charge in [-0.15, -0.1) is 11.8 Å². The lowest BCUT2D eigenvalue weighted by atomic mass is 9.93. The second-order valence-electron chi connectivity index (χ2n) is 6.40. The Hall–Kier alpha value is -1.68. The van der Waals surface area contributed by atoms with E-state index in [1.165, 1.54) is 37.9 Å².